The molecule has 0 saturated carbocycles. The van der Waals surface area contributed by atoms with Gasteiger partial charge in [0.25, 0.3) is 0 Å². The van der Waals surface area contributed by atoms with Gasteiger partial charge in [0.05, 0.1) is 10.7 Å². The Balaban J connectivity index is 1.85. The molecule has 1 aliphatic rings. The zero-order valence-corrected chi connectivity index (χ0v) is 12.2. The number of benzene rings is 1. The summed E-state index contributed by atoms with van der Waals surface area (Å²) < 4.78 is 0. The Hall–Kier alpha value is -1.65. The zero-order valence-electron chi connectivity index (χ0n) is 11.5. The van der Waals surface area contributed by atoms with Gasteiger partial charge in [0.15, 0.2) is 5.82 Å². The maximum absolute atomic E-state index is 6.39. The van der Waals surface area contributed by atoms with Crippen molar-refractivity contribution < 1.29 is 0 Å². The Kier molecular flexibility index (Phi) is 3.85. The van der Waals surface area contributed by atoms with E-state index in [1.165, 1.54) is 0 Å². The minimum Gasteiger partial charge on any atom is -0.351 e. The van der Waals surface area contributed by atoms with Gasteiger partial charge in [-0.3, -0.25) is 0 Å². The summed E-state index contributed by atoms with van der Waals surface area (Å²) in [6, 6.07) is 11.9. The summed E-state index contributed by atoms with van der Waals surface area (Å²) in [7, 11) is 2.13. The molecule has 0 bridgehead atoms. The molecular formula is C15H17ClN4. The van der Waals surface area contributed by atoms with E-state index in [-0.39, 0.29) is 0 Å². The van der Waals surface area contributed by atoms with Crippen LogP contribution in [0.25, 0.3) is 11.3 Å². The van der Waals surface area contributed by atoms with Crippen LogP contribution in [-0.2, 0) is 0 Å². The van der Waals surface area contributed by atoms with Gasteiger partial charge in [-0.15, -0.1) is 10.2 Å². The van der Waals surface area contributed by atoms with Crippen molar-refractivity contribution in [3.63, 3.8) is 0 Å². The highest BCUT2D eigenvalue weighted by Crippen LogP contribution is 2.27. The summed E-state index contributed by atoms with van der Waals surface area (Å²) in [5.74, 6) is 0.791. The first kappa shape index (κ1) is 13.3. The molecule has 2 aromatic rings. The van der Waals surface area contributed by atoms with E-state index in [0.29, 0.717) is 5.02 Å². The fraction of sp³-hybridized carbons (Fsp3) is 0.333. The van der Waals surface area contributed by atoms with E-state index in [9.17, 15) is 0 Å². The lowest BCUT2D eigenvalue weighted by Crippen LogP contribution is -2.45. The summed E-state index contributed by atoms with van der Waals surface area (Å²) >= 11 is 6.39. The third-order valence-corrected chi connectivity index (χ3v) is 3.88. The fourth-order valence-corrected chi connectivity index (χ4v) is 2.61. The number of aromatic nitrogens is 2. The smallest absolute Gasteiger partial charge is 0.170 e. The monoisotopic (exact) mass is 288 g/mol. The van der Waals surface area contributed by atoms with Crippen molar-refractivity contribution in [2.75, 3.05) is 38.1 Å². The summed E-state index contributed by atoms with van der Waals surface area (Å²) in [4.78, 5) is 4.50. The van der Waals surface area contributed by atoms with Gasteiger partial charge in [-0.1, -0.05) is 41.9 Å². The zero-order chi connectivity index (χ0) is 13.9. The number of hydrogen-bond acceptors (Lipinski definition) is 4. The summed E-state index contributed by atoms with van der Waals surface area (Å²) in [5, 5.41) is 9.31. The van der Waals surface area contributed by atoms with E-state index in [1.54, 1.807) is 0 Å². The van der Waals surface area contributed by atoms with Gasteiger partial charge in [-0.25, -0.2) is 0 Å². The van der Waals surface area contributed by atoms with Crippen molar-refractivity contribution in [1.82, 2.24) is 15.1 Å². The summed E-state index contributed by atoms with van der Waals surface area (Å²) in [6.07, 6.45) is 0. The first-order valence-corrected chi connectivity index (χ1v) is 7.14. The Morgan fingerprint density at radius 3 is 2.35 bits per heavy atom. The minimum absolute atomic E-state index is 0.670. The topological polar surface area (TPSA) is 32.3 Å². The number of halogens is 1. The molecular weight excluding hydrogens is 272 g/mol. The molecule has 104 valence electrons. The van der Waals surface area contributed by atoms with Crippen LogP contribution < -0.4 is 4.90 Å². The molecule has 0 N–H and O–H groups in total. The van der Waals surface area contributed by atoms with E-state index in [0.717, 1.165) is 43.3 Å². The number of piperazine rings is 1. The number of anilines is 1. The lowest BCUT2D eigenvalue weighted by molar-refractivity contribution is 0.312. The van der Waals surface area contributed by atoms with E-state index in [1.807, 2.05) is 36.4 Å². The molecule has 2 heterocycles. The van der Waals surface area contributed by atoms with Crippen LogP contribution in [0.5, 0.6) is 0 Å². The van der Waals surface area contributed by atoms with Crippen molar-refractivity contribution in [2.24, 2.45) is 0 Å². The molecule has 1 saturated heterocycles. The molecule has 5 heteroatoms. The molecule has 4 nitrogen and oxygen atoms in total. The summed E-state index contributed by atoms with van der Waals surface area (Å²) in [6.45, 7) is 3.93. The lowest BCUT2D eigenvalue weighted by Gasteiger charge is -2.33. The highest BCUT2D eigenvalue weighted by molar-refractivity contribution is 6.33. The molecule has 20 heavy (non-hydrogen) atoms. The molecule has 0 aliphatic carbocycles. The van der Waals surface area contributed by atoms with Gasteiger partial charge in [0.1, 0.15) is 0 Å². The second kappa shape index (κ2) is 5.77. The first-order chi connectivity index (χ1) is 9.74. The van der Waals surface area contributed by atoms with Gasteiger partial charge in [0, 0.05) is 31.7 Å². The first-order valence-electron chi connectivity index (χ1n) is 6.76. The summed E-state index contributed by atoms with van der Waals surface area (Å²) in [5.41, 5.74) is 1.85. The number of likely N-dealkylation sites (N-methyl/N-ethyl adjacent to an activating group) is 1. The maximum Gasteiger partial charge on any atom is 0.170 e. The molecule has 0 atom stereocenters. The highest BCUT2D eigenvalue weighted by Gasteiger charge is 2.18. The molecule has 0 spiro atoms. The number of hydrogen-bond donors (Lipinski definition) is 0. The van der Waals surface area contributed by atoms with Crippen molar-refractivity contribution in [1.29, 1.82) is 0 Å². The molecule has 1 aromatic heterocycles. The number of rotatable bonds is 2. The third kappa shape index (κ3) is 2.76. The van der Waals surface area contributed by atoms with Crippen LogP contribution in [0.15, 0.2) is 36.4 Å². The Morgan fingerprint density at radius 1 is 1.00 bits per heavy atom. The van der Waals surface area contributed by atoms with E-state index >= 15 is 0 Å². The van der Waals surface area contributed by atoms with Gasteiger partial charge in [0.2, 0.25) is 0 Å². The van der Waals surface area contributed by atoms with Crippen LogP contribution >= 0.6 is 11.6 Å². The predicted molar refractivity (Wildman–Crippen MR) is 82.2 cm³/mol. The minimum atomic E-state index is 0.670. The van der Waals surface area contributed by atoms with Crippen molar-refractivity contribution in [3.8, 4) is 11.3 Å². The number of nitrogens with zero attached hydrogens (tertiary/aromatic N) is 4. The largest absolute Gasteiger partial charge is 0.351 e. The second-order valence-electron chi connectivity index (χ2n) is 5.06. The average molecular weight is 289 g/mol. The maximum atomic E-state index is 6.39. The second-order valence-corrected chi connectivity index (χ2v) is 5.46. The SMILES string of the molecule is CN1CCN(c2nnc(-c3ccccc3)cc2Cl)CC1. The molecule has 1 aliphatic heterocycles. The van der Waals surface area contributed by atoms with Crippen LogP contribution in [0.2, 0.25) is 5.02 Å². The quantitative estimate of drug-likeness (QED) is 0.850. The molecule has 0 amide bonds. The van der Waals surface area contributed by atoms with E-state index in [2.05, 4.69) is 27.0 Å². The van der Waals surface area contributed by atoms with Crippen LogP contribution in [0.4, 0.5) is 5.82 Å². The van der Waals surface area contributed by atoms with Crippen LogP contribution in [0, 0.1) is 0 Å². The standard InChI is InChI=1S/C15H17ClN4/c1-19-7-9-20(10-8-19)15-13(16)11-14(17-18-15)12-5-3-2-4-6-12/h2-6,11H,7-10H2,1H3. The van der Waals surface area contributed by atoms with Crippen LogP contribution in [0.3, 0.4) is 0 Å². The molecule has 0 radical (unpaired) electrons. The van der Waals surface area contributed by atoms with Crippen molar-refractivity contribution >= 4 is 17.4 Å². The molecule has 0 unspecified atom stereocenters. The molecule has 3 rings (SSSR count). The van der Waals surface area contributed by atoms with Crippen molar-refractivity contribution in [3.05, 3.63) is 41.4 Å². The van der Waals surface area contributed by atoms with E-state index in [4.69, 9.17) is 11.6 Å². The fourth-order valence-electron chi connectivity index (χ4n) is 2.34. The van der Waals surface area contributed by atoms with Crippen LogP contribution in [0.1, 0.15) is 0 Å². The Labute approximate surface area is 124 Å². The Bertz CT molecular complexity index is 580. The van der Waals surface area contributed by atoms with Gasteiger partial charge in [-0.2, -0.15) is 0 Å². The predicted octanol–water partition coefficient (Wildman–Crippen LogP) is 2.55. The highest BCUT2D eigenvalue weighted by atomic mass is 35.5. The van der Waals surface area contributed by atoms with E-state index < -0.39 is 0 Å². The third-order valence-electron chi connectivity index (χ3n) is 3.60. The normalized spacial score (nSPS) is 16.4. The average Bonchev–Trinajstić information content (AvgIpc) is 2.49. The molecule has 1 aromatic carbocycles. The van der Waals surface area contributed by atoms with Crippen molar-refractivity contribution in [2.45, 2.75) is 0 Å². The van der Waals surface area contributed by atoms with Crippen LogP contribution in [-0.4, -0.2) is 48.3 Å². The van der Waals surface area contributed by atoms with Gasteiger partial charge >= 0.3 is 0 Å². The van der Waals surface area contributed by atoms with Gasteiger partial charge < -0.3 is 9.80 Å². The van der Waals surface area contributed by atoms with Gasteiger partial charge in [-0.05, 0) is 13.1 Å². The Morgan fingerprint density at radius 2 is 1.70 bits per heavy atom. The molecule has 1 fully saturated rings. The lowest BCUT2D eigenvalue weighted by atomic mass is 10.1.